The maximum Gasteiger partial charge on any atom is 0.240 e. The van der Waals surface area contributed by atoms with Gasteiger partial charge in [-0.2, -0.15) is 4.98 Å². The molecule has 2 heterocycles. The number of rotatable bonds is 8. The predicted octanol–water partition coefficient (Wildman–Crippen LogP) is 1.07. The molecule has 136 valence electrons. The molecule has 7 nitrogen and oxygen atoms in total. The van der Waals surface area contributed by atoms with Gasteiger partial charge >= 0.3 is 0 Å². The normalized spacial score (nSPS) is 17.7. The summed E-state index contributed by atoms with van der Waals surface area (Å²) in [6.45, 7) is 7.75. The van der Waals surface area contributed by atoms with Crippen molar-refractivity contribution in [3.63, 3.8) is 0 Å². The molecule has 1 N–H and O–H groups in total. The lowest BCUT2D eigenvalue weighted by Gasteiger charge is -2.34. The number of aliphatic hydroxyl groups excluding tert-OH is 1. The number of benzene rings is 1. The van der Waals surface area contributed by atoms with Crippen LogP contribution < -0.4 is 0 Å². The molecule has 1 fully saturated rings. The Morgan fingerprint density at radius 3 is 2.56 bits per heavy atom. The lowest BCUT2D eigenvalue weighted by atomic mass is 10.2. The monoisotopic (exact) mass is 346 g/mol. The van der Waals surface area contributed by atoms with Crippen molar-refractivity contribution in [1.29, 1.82) is 0 Å². The average Bonchev–Trinajstić information content (AvgIpc) is 3.02. The minimum absolute atomic E-state index is 0.358. The molecule has 0 aliphatic carbocycles. The summed E-state index contributed by atoms with van der Waals surface area (Å²) >= 11 is 0. The summed E-state index contributed by atoms with van der Waals surface area (Å²) in [5.74, 6) is 1.34. The largest absolute Gasteiger partial charge is 0.389 e. The van der Waals surface area contributed by atoms with E-state index in [1.165, 1.54) is 0 Å². The Hall–Kier alpha value is -1.80. The molecule has 0 bridgehead atoms. The maximum atomic E-state index is 10.2. The molecule has 7 heteroatoms. The van der Waals surface area contributed by atoms with Gasteiger partial charge in [0, 0.05) is 32.7 Å². The van der Waals surface area contributed by atoms with Crippen molar-refractivity contribution in [1.82, 2.24) is 19.9 Å². The molecule has 1 atom stereocenters. The summed E-state index contributed by atoms with van der Waals surface area (Å²) in [4.78, 5) is 8.80. The lowest BCUT2D eigenvalue weighted by molar-refractivity contribution is 0.000262. The first kappa shape index (κ1) is 18.0. The standard InChI is InChI=1S/C18H26N4O3/c1-15-19-18(25-20-15)12-22-9-7-21(8-10-22)11-17(23)14-24-13-16-5-3-2-4-6-16/h2-6,17,23H,7-14H2,1H3. The number of β-amino-alcohol motifs (C(OH)–C–C–N with tert-alkyl or cyclic N) is 1. The van der Waals surface area contributed by atoms with Crippen molar-refractivity contribution in [3.05, 3.63) is 47.6 Å². The van der Waals surface area contributed by atoms with Crippen LogP contribution in [0.15, 0.2) is 34.9 Å². The average molecular weight is 346 g/mol. The fourth-order valence-electron chi connectivity index (χ4n) is 2.96. The summed E-state index contributed by atoms with van der Waals surface area (Å²) in [6.07, 6.45) is -0.464. The van der Waals surface area contributed by atoms with Gasteiger partial charge in [0.15, 0.2) is 5.82 Å². The SMILES string of the molecule is Cc1noc(CN2CCN(CC(O)COCc3ccccc3)CC2)n1. The zero-order chi connectivity index (χ0) is 17.5. The Kier molecular flexibility index (Phi) is 6.52. The van der Waals surface area contributed by atoms with Crippen LogP contribution in [0.2, 0.25) is 0 Å². The first-order chi connectivity index (χ1) is 12.2. The van der Waals surface area contributed by atoms with Crippen molar-refractivity contribution < 1.29 is 14.4 Å². The van der Waals surface area contributed by atoms with Gasteiger partial charge in [-0.25, -0.2) is 0 Å². The van der Waals surface area contributed by atoms with Crippen molar-refractivity contribution in [2.45, 2.75) is 26.2 Å². The van der Waals surface area contributed by atoms with E-state index in [0.29, 0.717) is 38.0 Å². The summed E-state index contributed by atoms with van der Waals surface area (Å²) in [7, 11) is 0. The van der Waals surface area contributed by atoms with Gasteiger partial charge in [0.1, 0.15) is 0 Å². The molecule has 0 radical (unpaired) electrons. The molecule has 3 rings (SSSR count). The molecule has 1 aliphatic heterocycles. The zero-order valence-electron chi connectivity index (χ0n) is 14.7. The van der Waals surface area contributed by atoms with Crippen molar-refractivity contribution in [2.75, 3.05) is 39.3 Å². The molecule has 0 amide bonds. The van der Waals surface area contributed by atoms with Gasteiger partial charge in [0.05, 0.1) is 25.9 Å². The van der Waals surface area contributed by atoms with Gasteiger partial charge in [-0.1, -0.05) is 35.5 Å². The van der Waals surface area contributed by atoms with Gasteiger partial charge in [-0.15, -0.1) is 0 Å². The van der Waals surface area contributed by atoms with Crippen molar-refractivity contribution in [2.24, 2.45) is 0 Å². The molecule has 25 heavy (non-hydrogen) atoms. The molecule has 0 saturated carbocycles. The maximum absolute atomic E-state index is 10.2. The Labute approximate surface area is 148 Å². The first-order valence-corrected chi connectivity index (χ1v) is 8.72. The van der Waals surface area contributed by atoms with Crippen LogP contribution in [0.4, 0.5) is 0 Å². The summed E-state index contributed by atoms with van der Waals surface area (Å²) in [6, 6.07) is 10.0. The van der Waals surface area contributed by atoms with E-state index in [1.807, 2.05) is 37.3 Å². The fraction of sp³-hybridized carbons (Fsp3) is 0.556. The second kappa shape index (κ2) is 9.05. The van der Waals surface area contributed by atoms with E-state index in [-0.39, 0.29) is 0 Å². The third-order valence-corrected chi connectivity index (χ3v) is 4.28. The van der Waals surface area contributed by atoms with Crippen LogP contribution in [0.1, 0.15) is 17.3 Å². The highest BCUT2D eigenvalue weighted by Crippen LogP contribution is 2.08. The van der Waals surface area contributed by atoms with E-state index >= 15 is 0 Å². The van der Waals surface area contributed by atoms with Crippen LogP contribution in [0, 0.1) is 6.92 Å². The summed E-state index contributed by atoms with van der Waals surface area (Å²) < 4.78 is 10.8. The van der Waals surface area contributed by atoms with Gasteiger partial charge < -0.3 is 14.4 Å². The van der Waals surface area contributed by atoms with Gasteiger partial charge in [0.2, 0.25) is 5.89 Å². The van der Waals surface area contributed by atoms with Gasteiger partial charge in [-0.05, 0) is 12.5 Å². The highest BCUT2D eigenvalue weighted by molar-refractivity contribution is 5.13. The Bertz CT molecular complexity index is 626. The summed E-state index contributed by atoms with van der Waals surface area (Å²) in [5.41, 5.74) is 1.12. The van der Waals surface area contributed by atoms with Crippen LogP contribution in [0.3, 0.4) is 0 Å². The van der Waals surface area contributed by atoms with E-state index in [1.54, 1.807) is 0 Å². The van der Waals surface area contributed by atoms with E-state index in [2.05, 4.69) is 19.9 Å². The van der Waals surface area contributed by atoms with Crippen LogP contribution in [0.25, 0.3) is 0 Å². The highest BCUT2D eigenvalue weighted by Gasteiger charge is 2.20. The number of hydrogen-bond acceptors (Lipinski definition) is 7. The Balaban J connectivity index is 1.31. The topological polar surface area (TPSA) is 74.9 Å². The van der Waals surface area contributed by atoms with E-state index in [4.69, 9.17) is 9.26 Å². The summed E-state index contributed by atoms with van der Waals surface area (Å²) in [5, 5.41) is 14.0. The second-order valence-electron chi connectivity index (χ2n) is 6.47. The van der Waals surface area contributed by atoms with Crippen LogP contribution in [-0.2, 0) is 17.9 Å². The van der Waals surface area contributed by atoms with Gasteiger partial charge in [-0.3, -0.25) is 9.80 Å². The molecular weight excluding hydrogens is 320 g/mol. The second-order valence-corrected chi connectivity index (χ2v) is 6.47. The minimum Gasteiger partial charge on any atom is -0.389 e. The number of ether oxygens (including phenoxy) is 1. The van der Waals surface area contributed by atoms with Crippen LogP contribution in [0.5, 0.6) is 0 Å². The van der Waals surface area contributed by atoms with Crippen LogP contribution in [-0.4, -0.2) is 70.5 Å². The third-order valence-electron chi connectivity index (χ3n) is 4.28. The number of aliphatic hydroxyl groups is 1. The zero-order valence-corrected chi connectivity index (χ0v) is 14.7. The third kappa shape index (κ3) is 5.89. The predicted molar refractivity (Wildman–Crippen MR) is 92.9 cm³/mol. The number of hydrogen-bond donors (Lipinski definition) is 1. The minimum atomic E-state index is -0.464. The van der Waals surface area contributed by atoms with E-state index < -0.39 is 6.10 Å². The Morgan fingerprint density at radius 2 is 1.88 bits per heavy atom. The highest BCUT2D eigenvalue weighted by atomic mass is 16.5. The fourth-order valence-corrected chi connectivity index (χ4v) is 2.96. The quantitative estimate of drug-likeness (QED) is 0.766. The molecule has 1 aliphatic rings. The van der Waals surface area contributed by atoms with E-state index in [0.717, 1.165) is 31.7 Å². The Morgan fingerprint density at radius 1 is 1.16 bits per heavy atom. The molecule has 1 saturated heterocycles. The van der Waals surface area contributed by atoms with E-state index in [9.17, 15) is 5.11 Å². The molecule has 1 aromatic heterocycles. The number of nitrogens with zero attached hydrogens (tertiary/aromatic N) is 4. The number of aromatic nitrogens is 2. The number of piperazine rings is 1. The molecule has 2 aromatic rings. The smallest absolute Gasteiger partial charge is 0.240 e. The first-order valence-electron chi connectivity index (χ1n) is 8.72. The molecule has 1 aromatic carbocycles. The van der Waals surface area contributed by atoms with Crippen molar-refractivity contribution in [3.8, 4) is 0 Å². The molecule has 0 spiro atoms. The lowest BCUT2D eigenvalue weighted by Crippen LogP contribution is -2.48. The number of aryl methyl sites for hydroxylation is 1. The molecular formula is C18H26N4O3. The van der Waals surface area contributed by atoms with Crippen molar-refractivity contribution >= 4 is 0 Å². The van der Waals surface area contributed by atoms with Crippen LogP contribution >= 0.6 is 0 Å². The molecule has 1 unspecified atom stereocenters. The van der Waals surface area contributed by atoms with Gasteiger partial charge in [0.25, 0.3) is 0 Å².